The molecule has 0 radical (unpaired) electrons. The molecule has 0 aromatic heterocycles. The number of aliphatic hydroxyl groups excluding tert-OH is 1. The van der Waals surface area contributed by atoms with Gasteiger partial charge in [-0.2, -0.15) is 0 Å². The lowest BCUT2D eigenvalue weighted by Gasteiger charge is -2.27. The quantitative estimate of drug-likeness (QED) is 0.354. The number of aliphatic hydroxyl groups is 1. The van der Waals surface area contributed by atoms with E-state index in [2.05, 4.69) is 10.1 Å². The van der Waals surface area contributed by atoms with Crippen LogP contribution in [0.4, 0.5) is 4.39 Å². The van der Waals surface area contributed by atoms with Crippen LogP contribution in [0, 0.1) is 5.82 Å². The lowest BCUT2D eigenvalue weighted by Crippen LogP contribution is -2.39. The normalized spacial score (nSPS) is 16.3. The number of oxime groups is 1. The van der Waals surface area contributed by atoms with Crippen LogP contribution in [0.3, 0.4) is 0 Å². The second-order valence-electron chi connectivity index (χ2n) is 8.57. The van der Waals surface area contributed by atoms with Crippen LogP contribution in [0.2, 0.25) is 10.0 Å². The van der Waals surface area contributed by atoms with Crippen molar-refractivity contribution in [2.24, 2.45) is 5.16 Å². The van der Waals surface area contributed by atoms with Gasteiger partial charge in [-0.3, -0.25) is 4.90 Å². The zero-order valence-corrected chi connectivity index (χ0v) is 20.6. The van der Waals surface area contributed by atoms with Crippen LogP contribution < -0.4 is 0 Å². The average Bonchev–Trinajstić information content (AvgIpc) is 3.31. The van der Waals surface area contributed by atoms with Gasteiger partial charge in [0.25, 0.3) is 0 Å². The van der Waals surface area contributed by atoms with E-state index in [9.17, 15) is 9.50 Å². The van der Waals surface area contributed by atoms with E-state index in [0.717, 1.165) is 22.4 Å². The van der Waals surface area contributed by atoms with Crippen molar-refractivity contribution in [3.8, 4) is 0 Å². The molecular weight excluding hydrogens is 490 g/mol. The highest BCUT2D eigenvalue weighted by Gasteiger charge is 2.26. The minimum absolute atomic E-state index is 0.197. The van der Waals surface area contributed by atoms with Crippen molar-refractivity contribution in [2.45, 2.75) is 31.8 Å². The first-order chi connectivity index (χ1) is 17.0. The number of halogens is 3. The molecule has 0 spiro atoms. The molecule has 0 amide bonds. The van der Waals surface area contributed by atoms with Crippen LogP contribution in [0.5, 0.6) is 0 Å². The van der Waals surface area contributed by atoms with Gasteiger partial charge in [0.2, 0.25) is 0 Å². The molecule has 0 saturated heterocycles. The van der Waals surface area contributed by atoms with E-state index in [1.54, 1.807) is 24.3 Å². The summed E-state index contributed by atoms with van der Waals surface area (Å²) in [6, 6.07) is 21.6. The molecule has 0 aliphatic carbocycles. The van der Waals surface area contributed by atoms with Gasteiger partial charge in [-0.05, 0) is 35.4 Å². The molecule has 0 bridgehead atoms. The Labute approximate surface area is 214 Å². The number of rotatable bonds is 11. The Balaban J connectivity index is 1.35. The average molecular weight is 517 g/mol. The van der Waals surface area contributed by atoms with E-state index in [1.807, 2.05) is 36.4 Å². The second kappa shape index (κ2) is 12.5. The van der Waals surface area contributed by atoms with Gasteiger partial charge in [-0.25, -0.2) is 4.39 Å². The molecule has 3 aromatic carbocycles. The fourth-order valence-corrected chi connectivity index (χ4v) is 4.25. The van der Waals surface area contributed by atoms with Crippen LogP contribution >= 0.6 is 23.2 Å². The third-order valence-corrected chi connectivity index (χ3v) is 6.40. The maximum atomic E-state index is 13.4. The van der Waals surface area contributed by atoms with Gasteiger partial charge in [0, 0.05) is 31.6 Å². The Kier molecular flexibility index (Phi) is 9.12. The van der Waals surface area contributed by atoms with Crippen molar-refractivity contribution in [1.82, 2.24) is 4.90 Å². The van der Waals surface area contributed by atoms with Gasteiger partial charge in [0.15, 0.2) is 0 Å². The first-order valence-corrected chi connectivity index (χ1v) is 12.2. The Morgan fingerprint density at radius 1 is 1.03 bits per heavy atom. The zero-order chi connectivity index (χ0) is 24.6. The maximum absolute atomic E-state index is 13.4. The second-order valence-corrected chi connectivity index (χ2v) is 9.39. The van der Waals surface area contributed by atoms with Gasteiger partial charge in [0.1, 0.15) is 11.9 Å². The Morgan fingerprint density at radius 2 is 1.80 bits per heavy atom. The summed E-state index contributed by atoms with van der Waals surface area (Å²) in [7, 11) is 0. The summed E-state index contributed by atoms with van der Waals surface area (Å²) in [6.07, 6.45) is -0.299. The van der Waals surface area contributed by atoms with Gasteiger partial charge in [-0.1, -0.05) is 76.9 Å². The molecule has 1 aliphatic heterocycles. The third-order valence-electron chi connectivity index (χ3n) is 5.66. The first kappa shape index (κ1) is 25.6. The summed E-state index contributed by atoms with van der Waals surface area (Å²) in [6.45, 7) is 2.06. The van der Waals surface area contributed by atoms with Crippen molar-refractivity contribution in [1.29, 1.82) is 0 Å². The topological polar surface area (TPSA) is 54.3 Å². The predicted molar refractivity (Wildman–Crippen MR) is 136 cm³/mol. The molecule has 0 saturated carbocycles. The Hall–Kier alpha value is -2.48. The van der Waals surface area contributed by atoms with Crippen LogP contribution in [0.1, 0.15) is 23.1 Å². The van der Waals surface area contributed by atoms with E-state index in [0.29, 0.717) is 42.7 Å². The van der Waals surface area contributed by atoms with Gasteiger partial charge in [-0.15, -0.1) is 0 Å². The van der Waals surface area contributed by atoms with Crippen LogP contribution in [0.25, 0.3) is 0 Å². The molecule has 35 heavy (non-hydrogen) atoms. The predicted octanol–water partition coefficient (Wildman–Crippen LogP) is 5.71. The fraction of sp³-hybridized carbons (Fsp3) is 0.296. The number of nitrogens with zero attached hydrogens (tertiary/aromatic N) is 2. The van der Waals surface area contributed by atoms with Crippen molar-refractivity contribution >= 4 is 28.9 Å². The number of ether oxygens (including phenoxy) is 1. The van der Waals surface area contributed by atoms with Crippen LogP contribution in [0.15, 0.2) is 78.0 Å². The molecule has 1 heterocycles. The first-order valence-electron chi connectivity index (χ1n) is 11.4. The summed E-state index contributed by atoms with van der Waals surface area (Å²) in [4.78, 5) is 7.77. The zero-order valence-electron chi connectivity index (χ0n) is 19.1. The van der Waals surface area contributed by atoms with E-state index >= 15 is 0 Å². The highest BCUT2D eigenvalue weighted by Crippen LogP contribution is 2.26. The van der Waals surface area contributed by atoms with Crippen molar-refractivity contribution in [3.63, 3.8) is 0 Å². The molecule has 2 unspecified atom stereocenters. The van der Waals surface area contributed by atoms with E-state index in [1.165, 1.54) is 12.1 Å². The van der Waals surface area contributed by atoms with E-state index in [-0.39, 0.29) is 18.5 Å². The minimum Gasteiger partial charge on any atom is -0.390 e. The number of hydrogen-bond donors (Lipinski definition) is 1. The molecule has 8 heteroatoms. The molecule has 0 fully saturated rings. The van der Waals surface area contributed by atoms with Gasteiger partial charge in [0.05, 0.1) is 35.1 Å². The molecule has 5 nitrogen and oxygen atoms in total. The molecule has 1 N–H and O–H groups in total. The summed E-state index contributed by atoms with van der Waals surface area (Å²) < 4.78 is 19.1. The van der Waals surface area contributed by atoms with Gasteiger partial charge < -0.3 is 14.7 Å². The van der Waals surface area contributed by atoms with Crippen molar-refractivity contribution in [2.75, 3.05) is 19.7 Å². The van der Waals surface area contributed by atoms with Crippen molar-refractivity contribution in [3.05, 3.63) is 105 Å². The minimum atomic E-state index is -0.698. The highest BCUT2D eigenvalue weighted by molar-refractivity contribution is 6.42. The summed E-state index contributed by atoms with van der Waals surface area (Å²) in [5.74, 6) is -0.284. The molecule has 2 atom stereocenters. The molecular formula is C27H27Cl2FN2O3. The van der Waals surface area contributed by atoms with Crippen LogP contribution in [-0.4, -0.2) is 47.6 Å². The maximum Gasteiger partial charge on any atom is 0.145 e. The molecule has 3 aromatic rings. The van der Waals surface area contributed by atoms with E-state index < -0.39 is 6.10 Å². The summed E-state index contributed by atoms with van der Waals surface area (Å²) in [5.41, 5.74) is 3.64. The summed E-state index contributed by atoms with van der Waals surface area (Å²) in [5, 5.41) is 15.9. The van der Waals surface area contributed by atoms with Gasteiger partial charge >= 0.3 is 0 Å². The van der Waals surface area contributed by atoms with Crippen molar-refractivity contribution < 1.29 is 19.1 Å². The largest absolute Gasteiger partial charge is 0.390 e. The molecule has 184 valence electrons. The number of benzene rings is 3. The standard InChI is InChI=1S/C27H27Cl2FN2O3/c28-25-11-8-21(12-26(25)29)27-13-24(35-31-27)16-32(14-19-6-9-22(30)10-7-19)15-23(33)18-34-17-20-4-2-1-3-5-20/h1-12,23-24,33H,13-18H2. The lowest BCUT2D eigenvalue weighted by atomic mass is 10.0. The monoisotopic (exact) mass is 516 g/mol. The molecule has 1 aliphatic rings. The highest BCUT2D eigenvalue weighted by atomic mass is 35.5. The lowest BCUT2D eigenvalue weighted by molar-refractivity contribution is -0.00649. The fourth-order valence-electron chi connectivity index (χ4n) is 3.95. The summed E-state index contributed by atoms with van der Waals surface area (Å²) >= 11 is 12.2. The Morgan fingerprint density at radius 3 is 2.54 bits per heavy atom. The Bertz CT molecular complexity index is 1130. The SMILES string of the molecule is OC(COCc1ccccc1)CN(Cc1ccc(F)cc1)CC1CC(c2ccc(Cl)c(Cl)c2)=NO1. The van der Waals surface area contributed by atoms with E-state index in [4.69, 9.17) is 32.8 Å². The smallest absolute Gasteiger partial charge is 0.145 e. The van der Waals surface area contributed by atoms with Crippen LogP contribution in [-0.2, 0) is 22.7 Å². The molecule has 4 rings (SSSR count). The third kappa shape index (κ3) is 7.75. The number of hydrogen-bond acceptors (Lipinski definition) is 5.